The van der Waals surface area contributed by atoms with Crippen molar-refractivity contribution in [1.82, 2.24) is 10.2 Å². The van der Waals surface area contributed by atoms with Crippen LogP contribution in [0.25, 0.3) is 0 Å². The van der Waals surface area contributed by atoms with Gasteiger partial charge in [-0.15, -0.1) is 0 Å². The molecule has 21 heavy (non-hydrogen) atoms. The molecular formula is C14H28N2O5. The highest BCUT2D eigenvalue weighted by Gasteiger charge is 2.23. The van der Waals surface area contributed by atoms with E-state index in [9.17, 15) is 9.59 Å². The first-order chi connectivity index (χ1) is 9.92. The second-order valence-electron chi connectivity index (χ2n) is 5.20. The van der Waals surface area contributed by atoms with Gasteiger partial charge < -0.3 is 19.9 Å². The molecule has 0 fully saturated rings. The highest BCUT2D eigenvalue weighted by molar-refractivity contribution is 5.83. The number of rotatable bonds is 12. The molecule has 0 aromatic carbocycles. The van der Waals surface area contributed by atoms with Crippen LogP contribution in [0.2, 0.25) is 0 Å². The largest absolute Gasteiger partial charge is 0.480 e. The van der Waals surface area contributed by atoms with Gasteiger partial charge in [-0.25, -0.2) is 4.79 Å². The first-order valence-electron chi connectivity index (χ1n) is 7.14. The molecule has 0 aliphatic rings. The summed E-state index contributed by atoms with van der Waals surface area (Å²) in [5, 5.41) is 11.6. The van der Waals surface area contributed by atoms with Gasteiger partial charge in [0.2, 0.25) is 5.91 Å². The van der Waals surface area contributed by atoms with Gasteiger partial charge in [-0.05, 0) is 5.92 Å². The van der Waals surface area contributed by atoms with E-state index in [1.165, 1.54) is 0 Å². The maximum Gasteiger partial charge on any atom is 0.326 e. The van der Waals surface area contributed by atoms with Crippen LogP contribution >= 0.6 is 0 Å². The van der Waals surface area contributed by atoms with Gasteiger partial charge in [-0.1, -0.05) is 13.8 Å². The molecule has 1 amide bonds. The number of ether oxygens (including phenoxy) is 2. The van der Waals surface area contributed by atoms with E-state index < -0.39 is 12.0 Å². The summed E-state index contributed by atoms with van der Waals surface area (Å²) in [5.74, 6) is -1.41. The van der Waals surface area contributed by atoms with Crippen LogP contribution in [0.3, 0.4) is 0 Å². The Kier molecular flexibility index (Phi) is 10.8. The van der Waals surface area contributed by atoms with Crippen LogP contribution in [-0.4, -0.2) is 75.0 Å². The second kappa shape index (κ2) is 11.5. The lowest BCUT2D eigenvalue weighted by Crippen LogP contribution is -2.45. The minimum absolute atomic E-state index is 0.149. The third-order valence-corrected chi connectivity index (χ3v) is 3.13. The molecule has 1 atom stereocenters. The molecule has 0 spiro atoms. The molecule has 0 rings (SSSR count). The van der Waals surface area contributed by atoms with Gasteiger partial charge in [0.1, 0.15) is 6.04 Å². The summed E-state index contributed by atoms with van der Waals surface area (Å²) in [5.41, 5.74) is 0. The molecule has 0 heterocycles. The van der Waals surface area contributed by atoms with Crippen molar-refractivity contribution in [3.05, 3.63) is 0 Å². The van der Waals surface area contributed by atoms with Gasteiger partial charge in [0.05, 0.1) is 13.2 Å². The average molecular weight is 304 g/mol. The highest BCUT2D eigenvalue weighted by Crippen LogP contribution is 2.02. The van der Waals surface area contributed by atoms with Crippen LogP contribution in [0.1, 0.15) is 20.3 Å². The van der Waals surface area contributed by atoms with Crippen LogP contribution < -0.4 is 5.32 Å². The quantitative estimate of drug-likeness (QED) is 0.535. The number of carbonyl (C=O) groups is 2. The number of nitrogens with zero attached hydrogens (tertiary/aromatic N) is 1. The number of hydrogen-bond donors (Lipinski definition) is 2. The number of carbonyl (C=O) groups excluding carboxylic acids is 1. The SMILES string of the molecule is COCCN(CCOC)CCC(=O)NC(C(=O)O)C(C)C. The molecule has 1 unspecified atom stereocenters. The first-order valence-corrected chi connectivity index (χ1v) is 7.14. The summed E-state index contributed by atoms with van der Waals surface area (Å²) in [4.78, 5) is 24.9. The molecule has 7 nitrogen and oxygen atoms in total. The summed E-state index contributed by atoms with van der Waals surface area (Å²) in [6, 6.07) is -0.844. The van der Waals surface area contributed by atoms with E-state index in [-0.39, 0.29) is 18.2 Å². The van der Waals surface area contributed by atoms with E-state index in [4.69, 9.17) is 14.6 Å². The number of amides is 1. The second-order valence-corrected chi connectivity index (χ2v) is 5.20. The molecule has 0 aliphatic carbocycles. The molecule has 0 radical (unpaired) electrons. The first kappa shape index (κ1) is 19.8. The Balaban J connectivity index is 4.23. The zero-order valence-electron chi connectivity index (χ0n) is 13.4. The summed E-state index contributed by atoms with van der Waals surface area (Å²) >= 11 is 0. The number of hydrogen-bond acceptors (Lipinski definition) is 5. The van der Waals surface area contributed by atoms with E-state index in [0.717, 1.165) is 0 Å². The van der Waals surface area contributed by atoms with Crippen molar-refractivity contribution in [2.24, 2.45) is 5.92 Å². The van der Waals surface area contributed by atoms with Gasteiger partial charge in [0.15, 0.2) is 0 Å². The summed E-state index contributed by atoms with van der Waals surface area (Å²) in [6.45, 7) is 6.65. The molecule has 124 valence electrons. The maximum atomic E-state index is 11.9. The number of carboxylic acids is 1. The van der Waals surface area contributed by atoms with Gasteiger partial charge in [-0.3, -0.25) is 9.69 Å². The van der Waals surface area contributed by atoms with Crippen molar-refractivity contribution < 1.29 is 24.2 Å². The Morgan fingerprint density at radius 3 is 2.00 bits per heavy atom. The summed E-state index contributed by atoms with van der Waals surface area (Å²) in [7, 11) is 3.25. The van der Waals surface area contributed by atoms with Gasteiger partial charge >= 0.3 is 5.97 Å². The average Bonchev–Trinajstić information content (AvgIpc) is 2.43. The number of nitrogens with one attached hydrogen (secondary N) is 1. The Labute approximate surface area is 126 Å². The molecule has 0 aliphatic heterocycles. The maximum absolute atomic E-state index is 11.9. The monoisotopic (exact) mass is 304 g/mol. The minimum Gasteiger partial charge on any atom is -0.480 e. The normalized spacial score (nSPS) is 12.7. The lowest BCUT2D eigenvalue weighted by atomic mass is 10.0. The Bertz CT molecular complexity index is 302. The minimum atomic E-state index is -1.01. The molecule has 0 saturated heterocycles. The van der Waals surface area contributed by atoms with Crippen LogP contribution in [0, 0.1) is 5.92 Å². The molecule has 7 heteroatoms. The van der Waals surface area contributed by atoms with E-state index in [2.05, 4.69) is 10.2 Å². The highest BCUT2D eigenvalue weighted by atomic mass is 16.5. The van der Waals surface area contributed by atoms with E-state index in [0.29, 0.717) is 32.8 Å². The van der Waals surface area contributed by atoms with Crippen molar-refractivity contribution in [1.29, 1.82) is 0 Å². The molecule has 0 aromatic rings. The number of aliphatic carboxylic acids is 1. The van der Waals surface area contributed by atoms with Crippen molar-refractivity contribution in [3.8, 4) is 0 Å². The molecular weight excluding hydrogens is 276 g/mol. The standard InChI is InChI=1S/C14H28N2O5/c1-11(2)13(14(18)19)15-12(17)5-6-16(7-9-20-3)8-10-21-4/h11,13H,5-10H2,1-4H3,(H,15,17)(H,18,19). The third-order valence-electron chi connectivity index (χ3n) is 3.13. The summed E-state index contributed by atoms with van der Waals surface area (Å²) in [6.07, 6.45) is 0.254. The van der Waals surface area contributed by atoms with Gasteiger partial charge in [0.25, 0.3) is 0 Å². The zero-order chi connectivity index (χ0) is 16.3. The molecule has 0 saturated carbocycles. The fourth-order valence-electron chi connectivity index (χ4n) is 1.80. The Hall–Kier alpha value is -1.18. The smallest absolute Gasteiger partial charge is 0.326 e. The Morgan fingerprint density at radius 1 is 1.10 bits per heavy atom. The molecule has 0 aromatic heterocycles. The topological polar surface area (TPSA) is 88.1 Å². The predicted octanol–water partition coefficient (Wildman–Crippen LogP) is 0.197. The lowest BCUT2D eigenvalue weighted by molar-refractivity contribution is -0.143. The summed E-state index contributed by atoms with van der Waals surface area (Å²) < 4.78 is 10.1. The van der Waals surface area contributed by atoms with Gasteiger partial charge in [0, 0.05) is 40.3 Å². The van der Waals surface area contributed by atoms with Gasteiger partial charge in [-0.2, -0.15) is 0 Å². The zero-order valence-corrected chi connectivity index (χ0v) is 13.4. The number of carboxylic acid groups (broad SMARTS) is 1. The van der Waals surface area contributed by atoms with Crippen LogP contribution in [-0.2, 0) is 19.1 Å². The van der Waals surface area contributed by atoms with Crippen molar-refractivity contribution in [3.63, 3.8) is 0 Å². The van der Waals surface area contributed by atoms with Crippen molar-refractivity contribution >= 4 is 11.9 Å². The third kappa shape index (κ3) is 9.38. The van der Waals surface area contributed by atoms with Crippen LogP contribution in [0.15, 0.2) is 0 Å². The fourth-order valence-corrected chi connectivity index (χ4v) is 1.80. The molecule has 2 N–H and O–H groups in total. The number of methoxy groups -OCH3 is 2. The predicted molar refractivity (Wildman–Crippen MR) is 79.2 cm³/mol. The van der Waals surface area contributed by atoms with E-state index in [1.54, 1.807) is 28.1 Å². The van der Waals surface area contributed by atoms with Crippen molar-refractivity contribution in [2.75, 3.05) is 47.1 Å². The van der Waals surface area contributed by atoms with E-state index in [1.807, 2.05) is 0 Å². The van der Waals surface area contributed by atoms with E-state index >= 15 is 0 Å². The lowest BCUT2D eigenvalue weighted by Gasteiger charge is -2.22. The van der Waals surface area contributed by atoms with Crippen LogP contribution in [0.4, 0.5) is 0 Å². The van der Waals surface area contributed by atoms with Crippen molar-refractivity contribution in [2.45, 2.75) is 26.3 Å². The fraction of sp³-hybridized carbons (Fsp3) is 0.857. The van der Waals surface area contributed by atoms with Crippen LogP contribution in [0.5, 0.6) is 0 Å². The Morgan fingerprint density at radius 2 is 1.62 bits per heavy atom. The molecule has 0 bridgehead atoms.